The molecule has 21 heavy (non-hydrogen) atoms. The second-order valence-electron chi connectivity index (χ2n) is 5.43. The van der Waals surface area contributed by atoms with Crippen LogP contribution in [0.25, 0.3) is 0 Å². The maximum absolute atomic E-state index is 8.18. The Balaban J connectivity index is 3.15. The molecule has 0 aromatic rings. The van der Waals surface area contributed by atoms with Gasteiger partial charge >= 0.3 is 0 Å². The molecule has 0 aromatic carbocycles. The van der Waals surface area contributed by atoms with Gasteiger partial charge in [-0.1, -0.05) is 83.5 Å². The molecule has 0 saturated carbocycles. The molecule has 1 heteroatoms. The molecule has 0 radical (unpaired) electrons. The highest BCUT2D eigenvalue weighted by Crippen LogP contribution is 2.12. The van der Waals surface area contributed by atoms with Crippen LogP contribution in [0.4, 0.5) is 0 Å². The van der Waals surface area contributed by atoms with E-state index in [0.29, 0.717) is 0 Å². The van der Waals surface area contributed by atoms with Gasteiger partial charge in [-0.3, -0.25) is 0 Å². The normalized spacial score (nSPS) is 8.81. The maximum atomic E-state index is 8.18. The minimum Gasteiger partial charge on any atom is -0.461 e. The van der Waals surface area contributed by atoms with Crippen LogP contribution in [-0.2, 0) is 0 Å². The van der Waals surface area contributed by atoms with E-state index in [2.05, 4.69) is 36.5 Å². The molecule has 0 saturated heterocycles. The van der Waals surface area contributed by atoms with E-state index in [1.165, 1.54) is 70.6 Å². The minimum atomic E-state index is 0.915. The number of aliphatic hydroxyl groups is 1. The highest BCUT2D eigenvalue weighted by molar-refractivity contribution is 5.34. The SMILES string of the molecule is CCCCCCCCCCCCCCC#CC#CC#CO. The lowest BCUT2D eigenvalue weighted by molar-refractivity contribution is 0.517. The summed E-state index contributed by atoms with van der Waals surface area (Å²) < 4.78 is 0. The predicted octanol–water partition coefficient (Wildman–Crippen LogP) is 5.42. The predicted molar refractivity (Wildman–Crippen MR) is 91.0 cm³/mol. The van der Waals surface area contributed by atoms with Crippen LogP contribution >= 0.6 is 0 Å². The van der Waals surface area contributed by atoms with Crippen molar-refractivity contribution in [2.45, 2.75) is 90.4 Å². The van der Waals surface area contributed by atoms with Crippen LogP contribution in [0.15, 0.2) is 0 Å². The fourth-order valence-corrected chi connectivity index (χ4v) is 2.25. The van der Waals surface area contributed by atoms with E-state index >= 15 is 0 Å². The number of hydrogen-bond donors (Lipinski definition) is 1. The van der Waals surface area contributed by atoms with Crippen molar-refractivity contribution in [2.24, 2.45) is 0 Å². The Morgan fingerprint density at radius 2 is 1.05 bits per heavy atom. The van der Waals surface area contributed by atoms with E-state index in [1.807, 2.05) is 0 Å². The first-order valence-corrected chi connectivity index (χ1v) is 8.53. The zero-order valence-electron chi connectivity index (χ0n) is 13.6. The quantitative estimate of drug-likeness (QED) is 0.375. The van der Waals surface area contributed by atoms with Crippen molar-refractivity contribution in [3.63, 3.8) is 0 Å². The summed E-state index contributed by atoms with van der Waals surface area (Å²) in [6, 6.07) is 0. The van der Waals surface area contributed by atoms with Gasteiger partial charge in [-0.15, -0.1) is 0 Å². The Labute approximate surface area is 131 Å². The Bertz CT molecular complexity index is 389. The van der Waals surface area contributed by atoms with Crippen LogP contribution < -0.4 is 0 Å². The van der Waals surface area contributed by atoms with Crippen LogP contribution in [0.2, 0.25) is 0 Å². The van der Waals surface area contributed by atoms with E-state index in [9.17, 15) is 0 Å². The third-order valence-corrected chi connectivity index (χ3v) is 3.49. The fourth-order valence-electron chi connectivity index (χ4n) is 2.25. The Morgan fingerprint density at radius 1 is 0.571 bits per heavy atom. The molecular weight excluding hydrogens is 256 g/mol. The maximum Gasteiger partial charge on any atom is 0.122 e. The van der Waals surface area contributed by atoms with Gasteiger partial charge in [0.25, 0.3) is 0 Å². The molecule has 0 aliphatic carbocycles. The lowest BCUT2D eigenvalue weighted by Crippen LogP contribution is -1.82. The third-order valence-electron chi connectivity index (χ3n) is 3.49. The van der Waals surface area contributed by atoms with Crippen molar-refractivity contribution in [1.29, 1.82) is 0 Å². The topological polar surface area (TPSA) is 20.2 Å². The van der Waals surface area contributed by atoms with E-state index in [0.717, 1.165) is 12.8 Å². The zero-order valence-corrected chi connectivity index (χ0v) is 13.6. The number of hydrogen-bond acceptors (Lipinski definition) is 1. The molecular formula is C20H30O. The molecule has 0 fully saturated rings. The Morgan fingerprint density at radius 3 is 1.57 bits per heavy atom. The van der Waals surface area contributed by atoms with E-state index in [1.54, 1.807) is 6.11 Å². The summed E-state index contributed by atoms with van der Waals surface area (Å²) in [6.45, 7) is 2.27. The van der Waals surface area contributed by atoms with Gasteiger partial charge in [0, 0.05) is 18.3 Å². The molecule has 0 aliphatic rings. The summed E-state index contributed by atoms with van der Waals surface area (Å²) in [7, 11) is 0. The van der Waals surface area contributed by atoms with Crippen LogP contribution in [0.1, 0.15) is 90.4 Å². The highest BCUT2D eigenvalue weighted by atomic mass is 16.2. The van der Waals surface area contributed by atoms with E-state index in [4.69, 9.17) is 5.11 Å². The molecule has 0 unspecified atom stereocenters. The van der Waals surface area contributed by atoms with E-state index in [-0.39, 0.29) is 0 Å². The monoisotopic (exact) mass is 286 g/mol. The van der Waals surface area contributed by atoms with Crippen molar-refractivity contribution in [2.75, 3.05) is 0 Å². The lowest BCUT2D eigenvalue weighted by Gasteiger charge is -2.01. The molecule has 0 atom stereocenters. The molecule has 1 nitrogen and oxygen atoms in total. The van der Waals surface area contributed by atoms with Crippen LogP contribution in [0.5, 0.6) is 0 Å². The number of rotatable bonds is 12. The second kappa shape index (κ2) is 18.5. The Kier molecular flexibility index (Phi) is 17.1. The molecule has 0 amide bonds. The first-order valence-electron chi connectivity index (χ1n) is 8.53. The molecule has 0 aliphatic heterocycles. The van der Waals surface area contributed by atoms with Crippen LogP contribution in [0, 0.1) is 35.7 Å². The third kappa shape index (κ3) is 18.5. The summed E-state index contributed by atoms with van der Waals surface area (Å²) in [5.74, 6) is 13.0. The zero-order chi connectivity index (χ0) is 15.4. The summed E-state index contributed by atoms with van der Waals surface area (Å²) in [6.07, 6.45) is 19.0. The van der Waals surface area contributed by atoms with Crippen molar-refractivity contribution >= 4 is 0 Å². The van der Waals surface area contributed by atoms with Crippen molar-refractivity contribution < 1.29 is 5.11 Å². The van der Waals surface area contributed by atoms with Gasteiger partial charge in [0.05, 0.1) is 0 Å². The van der Waals surface area contributed by atoms with Crippen molar-refractivity contribution in [1.82, 2.24) is 0 Å². The summed E-state index contributed by atoms with van der Waals surface area (Å²) >= 11 is 0. The molecule has 1 N–H and O–H groups in total. The highest BCUT2D eigenvalue weighted by Gasteiger charge is 1.92. The summed E-state index contributed by atoms with van der Waals surface area (Å²) in [5.41, 5.74) is 0. The summed E-state index contributed by atoms with van der Waals surface area (Å²) in [5, 5.41) is 8.18. The van der Waals surface area contributed by atoms with Gasteiger partial charge in [-0.05, 0) is 18.3 Å². The molecule has 0 heterocycles. The largest absolute Gasteiger partial charge is 0.461 e. The van der Waals surface area contributed by atoms with Gasteiger partial charge in [0.2, 0.25) is 0 Å². The lowest BCUT2D eigenvalue weighted by atomic mass is 10.0. The molecule has 116 valence electrons. The van der Waals surface area contributed by atoms with Crippen LogP contribution in [0.3, 0.4) is 0 Å². The standard InChI is InChI=1S/C20H30O/c1-2-3-4-5-6-7-8-9-10-11-12-13-14-15-16-17-18-19-20-21/h21H,2-14H2,1H3. The van der Waals surface area contributed by atoms with E-state index < -0.39 is 0 Å². The van der Waals surface area contributed by atoms with Crippen molar-refractivity contribution in [3.05, 3.63) is 0 Å². The summed E-state index contributed by atoms with van der Waals surface area (Å²) in [4.78, 5) is 0. The Hall–Kier alpha value is -1.52. The number of aliphatic hydroxyl groups excluding tert-OH is 1. The fraction of sp³-hybridized carbons (Fsp3) is 0.700. The smallest absolute Gasteiger partial charge is 0.122 e. The van der Waals surface area contributed by atoms with Gasteiger partial charge in [0.15, 0.2) is 0 Å². The average Bonchev–Trinajstić information content (AvgIpc) is 2.50. The molecule has 0 spiro atoms. The molecule has 0 rings (SSSR count). The van der Waals surface area contributed by atoms with Crippen LogP contribution in [-0.4, -0.2) is 5.11 Å². The van der Waals surface area contributed by atoms with Gasteiger partial charge in [0.1, 0.15) is 6.11 Å². The number of unbranched alkanes of at least 4 members (excludes halogenated alkanes) is 12. The van der Waals surface area contributed by atoms with Gasteiger partial charge in [-0.25, -0.2) is 0 Å². The van der Waals surface area contributed by atoms with Gasteiger partial charge in [-0.2, -0.15) is 0 Å². The average molecular weight is 286 g/mol. The van der Waals surface area contributed by atoms with Gasteiger partial charge < -0.3 is 5.11 Å². The second-order valence-corrected chi connectivity index (χ2v) is 5.43. The molecule has 0 aromatic heterocycles. The molecule has 0 bridgehead atoms. The van der Waals surface area contributed by atoms with Crippen molar-refractivity contribution in [3.8, 4) is 35.7 Å². The first kappa shape index (κ1) is 19.5. The minimum absolute atomic E-state index is 0.915. The first-order chi connectivity index (χ1) is 10.4.